The number of amides is 1. The second kappa shape index (κ2) is 7.17. The van der Waals surface area contributed by atoms with E-state index in [4.69, 9.17) is 0 Å². The maximum Gasteiger partial charge on any atom is 0.311 e. The number of methoxy groups -OCH3 is 1. The van der Waals surface area contributed by atoms with Crippen LogP contribution in [-0.4, -0.2) is 35.6 Å². The van der Waals surface area contributed by atoms with Gasteiger partial charge < -0.3 is 9.30 Å². The fourth-order valence-corrected chi connectivity index (χ4v) is 3.60. The minimum Gasteiger partial charge on any atom is -0.469 e. The summed E-state index contributed by atoms with van der Waals surface area (Å²) in [5.74, 6) is -0.449. The molecule has 0 aliphatic carbocycles. The summed E-state index contributed by atoms with van der Waals surface area (Å²) in [6, 6.07) is 2.21. The molecule has 0 aliphatic heterocycles. The van der Waals surface area contributed by atoms with Crippen LogP contribution in [0.15, 0.2) is 11.4 Å². The van der Waals surface area contributed by atoms with Gasteiger partial charge in [-0.15, -0.1) is 11.3 Å². The number of aryl methyl sites for hydroxylation is 1. The highest BCUT2D eigenvalue weighted by molar-refractivity contribution is 7.14. The number of ether oxygens (including phenoxy) is 1. The summed E-state index contributed by atoms with van der Waals surface area (Å²) in [7, 11) is 3.04. The molecule has 130 valence electrons. The van der Waals surface area contributed by atoms with Crippen LogP contribution < -0.4 is 4.90 Å². The van der Waals surface area contributed by atoms with Gasteiger partial charge >= 0.3 is 5.97 Å². The quantitative estimate of drug-likeness (QED) is 0.778. The summed E-state index contributed by atoms with van der Waals surface area (Å²) in [5.41, 5.74) is 3.29. The number of rotatable bonds is 5. The first-order chi connectivity index (χ1) is 11.3. The van der Waals surface area contributed by atoms with Crippen LogP contribution in [0.1, 0.15) is 47.3 Å². The highest BCUT2D eigenvalue weighted by Gasteiger charge is 2.22. The minimum absolute atomic E-state index is 0.103. The zero-order chi connectivity index (χ0) is 18.0. The van der Waals surface area contributed by atoms with E-state index >= 15 is 0 Å². The Kier molecular flexibility index (Phi) is 5.43. The van der Waals surface area contributed by atoms with Crippen molar-refractivity contribution < 1.29 is 14.3 Å². The summed E-state index contributed by atoms with van der Waals surface area (Å²) in [5, 5.41) is 2.33. The first-order valence-electron chi connectivity index (χ1n) is 7.74. The summed E-state index contributed by atoms with van der Waals surface area (Å²) in [6.45, 7) is 8.15. The van der Waals surface area contributed by atoms with Crippen molar-refractivity contribution >= 4 is 28.3 Å². The molecule has 6 nitrogen and oxygen atoms in total. The monoisotopic (exact) mass is 349 g/mol. The molecule has 2 heterocycles. The predicted octanol–water partition coefficient (Wildman–Crippen LogP) is 3.13. The number of carbonyl (C=O) groups excluding carboxylic acids is 2. The Morgan fingerprint density at radius 2 is 2.04 bits per heavy atom. The summed E-state index contributed by atoms with van der Waals surface area (Å²) < 4.78 is 6.78. The summed E-state index contributed by atoms with van der Waals surface area (Å²) >= 11 is 1.34. The molecule has 1 amide bonds. The average Bonchev–Trinajstić information content (AvgIpc) is 3.10. The van der Waals surface area contributed by atoms with Gasteiger partial charge in [-0.05, 0) is 33.8 Å². The number of anilines is 1. The van der Waals surface area contributed by atoms with E-state index in [1.165, 1.54) is 23.3 Å². The first-order valence-corrected chi connectivity index (χ1v) is 8.61. The van der Waals surface area contributed by atoms with Crippen LogP contribution in [0.5, 0.6) is 0 Å². The summed E-state index contributed by atoms with van der Waals surface area (Å²) in [4.78, 5) is 30.0. The van der Waals surface area contributed by atoms with Crippen molar-refractivity contribution in [3.05, 3.63) is 34.1 Å². The number of hydrogen-bond acceptors (Lipinski definition) is 5. The molecule has 0 radical (unpaired) electrons. The van der Waals surface area contributed by atoms with Crippen molar-refractivity contribution in [3.8, 4) is 0 Å². The van der Waals surface area contributed by atoms with E-state index in [1.54, 1.807) is 12.4 Å². The molecule has 0 N–H and O–H groups in total. The molecule has 24 heavy (non-hydrogen) atoms. The molecule has 0 bridgehead atoms. The van der Waals surface area contributed by atoms with Crippen molar-refractivity contribution in [1.29, 1.82) is 0 Å². The standard InChI is InChI=1S/C17H23N3O3S/c1-10(2)20-11(3)7-14(12(20)4)16(22)19(5)17-18-13(9-24-17)8-15(21)23-6/h7,9-10H,8H2,1-6H3. The molecule has 7 heteroatoms. The molecule has 2 aromatic heterocycles. The largest absolute Gasteiger partial charge is 0.469 e. The van der Waals surface area contributed by atoms with Gasteiger partial charge in [0.15, 0.2) is 5.13 Å². The van der Waals surface area contributed by atoms with Crippen molar-refractivity contribution in [1.82, 2.24) is 9.55 Å². The van der Waals surface area contributed by atoms with Crippen molar-refractivity contribution in [3.63, 3.8) is 0 Å². The van der Waals surface area contributed by atoms with E-state index in [0.717, 1.165) is 11.4 Å². The lowest BCUT2D eigenvalue weighted by molar-refractivity contribution is -0.139. The van der Waals surface area contributed by atoms with Gasteiger partial charge in [-0.2, -0.15) is 0 Å². The average molecular weight is 349 g/mol. The van der Waals surface area contributed by atoms with E-state index in [0.29, 0.717) is 22.4 Å². The maximum atomic E-state index is 12.8. The highest BCUT2D eigenvalue weighted by atomic mass is 32.1. The fraction of sp³-hybridized carbons (Fsp3) is 0.471. The van der Waals surface area contributed by atoms with Gasteiger partial charge in [-0.1, -0.05) is 0 Å². The molecule has 2 aromatic rings. The maximum absolute atomic E-state index is 12.8. The Labute approximate surface area is 146 Å². The Bertz CT molecular complexity index is 761. The first kappa shape index (κ1) is 18.2. The SMILES string of the molecule is COC(=O)Cc1csc(N(C)C(=O)c2cc(C)n(C(C)C)c2C)n1. The van der Waals surface area contributed by atoms with Crippen molar-refractivity contribution in [2.45, 2.75) is 40.2 Å². The molecular formula is C17H23N3O3S. The molecule has 0 aromatic carbocycles. The van der Waals surface area contributed by atoms with Gasteiger partial charge in [0.1, 0.15) is 0 Å². The van der Waals surface area contributed by atoms with Crippen LogP contribution in [0.3, 0.4) is 0 Å². The molecule has 0 aliphatic rings. The van der Waals surface area contributed by atoms with E-state index in [2.05, 4.69) is 28.1 Å². The number of aromatic nitrogens is 2. The van der Waals surface area contributed by atoms with Crippen LogP contribution in [0.2, 0.25) is 0 Å². The van der Waals surface area contributed by atoms with E-state index in [1.807, 2.05) is 19.9 Å². The Morgan fingerprint density at radius 3 is 2.58 bits per heavy atom. The molecule has 0 atom stereocenters. The second-order valence-corrected chi connectivity index (χ2v) is 6.82. The zero-order valence-corrected chi connectivity index (χ0v) is 15.7. The molecule has 0 spiro atoms. The van der Waals surface area contributed by atoms with Crippen molar-refractivity contribution in [2.75, 3.05) is 19.1 Å². The normalized spacial score (nSPS) is 11.0. The van der Waals surface area contributed by atoms with Gasteiger partial charge in [-0.3, -0.25) is 14.5 Å². The fourth-order valence-electron chi connectivity index (χ4n) is 2.81. The minimum atomic E-state index is -0.346. The topological polar surface area (TPSA) is 64.4 Å². The van der Waals surface area contributed by atoms with Crippen LogP contribution in [0, 0.1) is 13.8 Å². The third-order valence-electron chi connectivity index (χ3n) is 3.92. The Morgan fingerprint density at radius 1 is 1.38 bits per heavy atom. The highest BCUT2D eigenvalue weighted by Crippen LogP contribution is 2.25. The Balaban J connectivity index is 2.24. The third-order valence-corrected chi connectivity index (χ3v) is 4.88. The smallest absolute Gasteiger partial charge is 0.311 e. The second-order valence-electron chi connectivity index (χ2n) is 5.99. The molecular weight excluding hydrogens is 326 g/mol. The van der Waals surface area contributed by atoms with E-state index in [9.17, 15) is 9.59 Å². The number of esters is 1. The number of thiazole rings is 1. The Hall–Kier alpha value is -2.15. The van der Waals surface area contributed by atoms with Gasteiger partial charge in [0, 0.05) is 29.9 Å². The molecule has 0 saturated heterocycles. The van der Waals surface area contributed by atoms with Crippen LogP contribution >= 0.6 is 11.3 Å². The lowest BCUT2D eigenvalue weighted by atomic mass is 10.2. The molecule has 0 unspecified atom stereocenters. The van der Waals surface area contributed by atoms with Crippen LogP contribution in [0.25, 0.3) is 0 Å². The number of hydrogen-bond donors (Lipinski definition) is 0. The lowest BCUT2D eigenvalue weighted by Crippen LogP contribution is -2.26. The van der Waals surface area contributed by atoms with Gasteiger partial charge in [0.2, 0.25) is 0 Å². The zero-order valence-electron chi connectivity index (χ0n) is 14.9. The van der Waals surface area contributed by atoms with E-state index in [-0.39, 0.29) is 18.3 Å². The van der Waals surface area contributed by atoms with Crippen LogP contribution in [0.4, 0.5) is 5.13 Å². The summed E-state index contributed by atoms with van der Waals surface area (Å²) in [6.07, 6.45) is 0.108. The van der Waals surface area contributed by atoms with Crippen molar-refractivity contribution in [2.24, 2.45) is 0 Å². The number of nitrogens with zero attached hydrogens (tertiary/aromatic N) is 3. The van der Waals surface area contributed by atoms with E-state index < -0.39 is 0 Å². The third kappa shape index (κ3) is 3.51. The molecule has 2 rings (SSSR count). The van der Waals surface area contributed by atoms with Crippen LogP contribution in [-0.2, 0) is 16.0 Å². The number of carbonyl (C=O) groups is 2. The molecule has 0 fully saturated rings. The molecule has 0 saturated carbocycles. The van der Waals surface area contributed by atoms with Gasteiger partial charge in [0.25, 0.3) is 5.91 Å². The predicted molar refractivity (Wildman–Crippen MR) is 94.9 cm³/mol. The van der Waals surface area contributed by atoms with Gasteiger partial charge in [-0.25, -0.2) is 4.98 Å². The van der Waals surface area contributed by atoms with Gasteiger partial charge in [0.05, 0.1) is 24.8 Å². The lowest BCUT2D eigenvalue weighted by Gasteiger charge is -2.16.